The largest absolute Gasteiger partial charge is 0.394 e. The number of nitrogens with two attached hydrogens (primary N) is 1. The van der Waals surface area contributed by atoms with E-state index >= 15 is 0 Å². The van der Waals surface area contributed by atoms with Crippen LogP contribution < -0.4 is 5.73 Å². The van der Waals surface area contributed by atoms with E-state index in [2.05, 4.69) is 0 Å². The van der Waals surface area contributed by atoms with Gasteiger partial charge in [0.1, 0.15) is 48.8 Å². The van der Waals surface area contributed by atoms with Gasteiger partial charge in [-0.2, -0.15) is 0 Å². The SMILES string of the molecule is N[C@H]1[C@@H](O)[C@@H](O)[C@H](O)O[C@H]1[C@H](O)[C@H](O)[C@H](O)[C@H](O)[C@H](O)CO. The van der Waals surface area contributed by atoms with Crippen molar-refractivity contribution in [3.8, 4) is 0 Å². The van der Waals surface area contributed by atoms with Crippen molar-refractivity contribution in [3.05, 3.63) is 0 Å². The molecule has 0 bridgehead atoms. The first kappa shape index (κ1) is 19.6. The lowest BCUT2D eigenvalue weighted by atomic mass is 9.88. The molecule has 132 valence electrons. The van der Waals surface area contributed by atoms with E-state index in [-0.39, 0.29) is 0 Å². The van der Waals surface area contributed by atoms with Crippen LogP contribution >= 0.6 is 0 Å². The Morgan fingerprint density at radius 1 is 0.864 bits per heavy atom. The number of rotatable bonds is 6. The highest BCUT2D eigenvalue weighted by Gasteiger charge is 2.48. The Labute approximate surface area is 125 Å². The van der Waals surface area contributed by atoms with Crippen molar-refractivity contribution in [3.63, 3.8) is 0 Å². The smallest absolute Gasteiger partial charge is 0.183 e. The van der Waals surface area contributed by atoms with E-state index in [1.165, 1.54) is 0 Å². The van der Waals surface area contributed by atoms with E-state index < -0.39 is 67.8 Å². The molecule has 11 heteroatoms. The number of hydrogen-bond acceptors (Lipinski definition) is 11. The van der Waals surface area contributed by atoms with Gasteiger partial charge in [-0.05, 0) is 0 Å². The maximum absolute atomic E-state index is 9.93. The Balaban J connectivity index is 2.79. The minimum atomic E-state index is -2.08. The molecule has 10 atom stereocenters. The molecular weight excluding hydrogens is 306 g/mol. The number of aliphatic hydroxyl groups is 9. The van der Waals surface area contributed by atoms with Gasteiger partial charge in [0.2, 0.25) is 0 Å². The number of ether oxygens (including phenoxy) is 1. The first-order valence-electron chi connectivity index (χ1n) is 6.59. The van der Waals surface area contributed by atoms with E-state index in [0.29, 0.717) is 0 Å². The van der Waals surface area contributed by atoms with Gasteiger partial charge in [-0.3, -0.25) is 0 Å². The number of aliphatic hydroxyl groups excluding tert-OH is 9. The quantitative estimate of drug-likeness (QED) is 0.221. The highest BCUT2D eigenvalue weighted by molar-refractivity contribution is 4.98. The third-order valence-corrected chi connectivity index (χ3v) is 3.68. The van der Waals surface area contributed by atoms with Crippen molar-refractivity contribution in [2.45, 2.75) is 61.2 Å². The van der Waals surface area contributed by atoms with Crippen LogP contribution in [-0.2, 0) is 4.74 Å². The molecule has 0 aromatic heterocycles. The highest BCUT2D eigenvalue weighted by Crippen LogP contribution is 2.23. The van der Waals surface area contributed by atoms with Gasteiger partial charge in [0.05, 0.1) is 12.6 Å². The summed E-state index contributed by atoms with van der Waals surface area (Å²) in [6.07, 6.45) is -16.7. The van der Waals surface area contributed by atoms with Crippen LogP contribution in [0.1, 0.15) is 0 Å². The minimum absolute atomic E-state index is 0.899. The van der Waals surface area contributed by atoms with Crippen LogP contribution in [0.5, 0.6) is 0 Å². The Morgan fingerprint density at radius 2 is 1.41 bits per heavy atom. The second-order valence-corrected chi connectivity index (χ2v) is 5.26. The predicted molar refractivity (Wildman–Crippen MR) is 68.0 cm³/mol. The van der Waals surface area contributed by atoms with Gasteiger partial charge in [0.15, 0.2) is 6.29 Å². The molecule has 1 rings (SSSR count). The lowest BCUT2D eigenvalue weighted by Gasteiger charge is -2.42. The standard InChI is InChI=1S/C11H23NO10/c12-3-5(16)9(20)11(21)22-10(3)8(19)7(18)6(17)4(15)2(14)1-13/h2-11,13-21H,1,12H2/t2-,3+,4-,5-,6-,7-,8-,9-,10-,11-/m1/s1. The van der Waals surface area contributed by atoms with Crippen LogP contribution in [0.4, 0.5) is 0 Å². The van der Waals surface area contributed by atoms with Gasteiger partial charge in [-0.1, -0.05) is 0 Å². The Morgan fingerprint density at radius 3 is 1.91 bits per heavy atom. The van der Waals surface area contributed by atoms with Gasteiger partial charge in [-0.25, -0.2) is 0 Å². The fourth-order valence-electron chi connectivity index (χ4n) is 2.17. The van der Waals surface area contributed by atoms with Gasteiger partial charge < -0.3 is 56.4 Å². The van der Waals surface area contributed by atoms with Crippen molar-refractivity contribution >= 4 is 0 Å². The van der Waals surface area contributed by atoms with Crippen molar-refractivity contribution in [2.75, 3.05) is 6.61 Å². The third kappa shape index (κ3) is 3.90. The molecule has 1 fully saturated rings. The molecule has 0 aliphatic carbocycles. The van der Waals surface area contributed by atoms with E-state index in [1.807, 2.05) is 0 Å². The number of hydrogen-bond donors (Lipinski definition) is 10. The van der Waals surface area contributed by atoms with E-state index in [4.69, 9.17) is 15.6 Å². The molecule has 11 N–H and O–H groups in total. The highest BCUT2D eigenvalue weighted by atomic mass is 16.6. The Hall–Kier alpha value is -0.440. The van der Waals surface area contributed by atoms with Gasteiger partial charge in [-0.15, -0.1) is 0 Å². The third-order valence-electron chi connectivity index (χ3n) is 3.68. The van der Waals surface area contributed by atoms with Crippen molar-refractivity contribution < 1.29 is 50.7 Å². The summed E-state index contributed by atoms with van der Waals surface area (Å²) in [7, 11) is 0. The molecule has 1 aliphatic rings. The fraction of sp³-hybridized carbons (Fsp3) is 1.00. The lowest BCUT2D eigenvalue weighted by Crippen LogP contribution is -2.66. The normalized spacial score (nSPS) is 39.8. The summed E-state index contributed by atoms with van der Waals surface area (Å²) in [6, 6.07) is -1.41. The van der Waals surface area contributed by atoms with Crippen molar-refractivity contribution in [1.29, 1.82) is 0 Å². The molecule has 1 aliphatic heterocycles. The zero-order valence-electron chi connectivity index (χ0n) is 11.5. The van der Waals surface area contributed by atoms with Gasteiger partial charge in [0.25, 0.3) is 0 Å². The molecule has 0 aromatic rings. The Bertz CT molecular complexity index is 347. The second-order valence-electron chi connectivity index (χ2n) is 5.26. The van der Waals surface area contributed by atoms with Crippen LogP contribution in [0.15, 0.2) is 0 Å². The molecule has 0 amide bonds. The van der Waals surface area contributed by atoms with Gasteiger partial charge >= 0.3 is 0 Å². The van der Waals surface area contributed by atoms with Crippen LogP contribution in [0, 0.1) is 0 Å². The molecule has 0 spiro atoms. The second kappa shape index (κ2) is 7.90. The molecule has 0 saturated carbocycles. The fourth-order valence-corrected chi connectivity index (χ4v) is 2.17. The van der Waals surface area contributed by atoms with Crippen LogP contribution in [0.2, 0.25) is 0 Å². The minimum Gasteiger partial charge on any atom is -0.394 e. The average Bonchev–Trinajstić information content (AvgIpc) is 2.52. The van der Waals surface area contributed by atoms with Crippen molar-refractivity contribution in [1.82, 2.24) is 0 Å². The summed E-state index contributed by atoms with van der Waals surface area (Å²) >= 11 is 0. The maximum atomic E-state index is 9.93. The van der Waals surface area contributed by atoms with Crippen LogP contribution in [0.25, 0.3) is 0 Å². The first-order chi connectivity index (χ1) is 10.1. The summed E-state index contributed by atoms with van der Waals surface area (Å²) < 4.78 is 4.79. The van der Waals surface area contributed by atoms with Crippen LogP contribution in [0.3, 0.4) is 0 Å². The van der Waals surface area contributed by atoms with Crippen LogP contribution in [-0.4, -0.2) is 114 Å². The molecule has 1 saturated heterocycles. The molecular formula is C11H23NO10. The van der Waals surface area contributed by atoms with Crippen molar-refractivity contribution in [2.24, 2.45) is 5.73 Å². The topological polar surface area (TPSA) is 217 Å². The molecule has 1 heterocycles. The van der Waals surface area contributed by atoms with E-state index in [0.717, 1.165) is 0 Å². The summed E-state index contributed by atoms with van der Waals surface area (Å²) in [4.78, 5) is 0. The summed E-state index contributed by atoms with van der Waals surface area (Å²) in [5.74, 6) is 0. The summed E-state index contributed by atoms with van der Waals surface area (Å²) in [6.45, 7) is -0.899. The summed E-state index contributed by atoms with van der Waals surface area (Å²) in [5.41, 5.74) is 5.53. The first-order valence-corrected chi connectivity index (χ1v) is 6.59. The Kier molecular flexibility index (Phi) is 7.04. The predicted octanol–water partition coefficient (Wildman–Crippen LogP) is -6.45. The molecule has 0 unspecified atom stereocenters. The molecule has 11 nitrogen and oxygen atoms in total. The zero-order valence-corrected chi connectivity index (χ0v) is 11.5. The average molecular weight is 329 g/mol. The monoisotopic (exact) mass is 329 g/mol. The van der Waals surface area contributed by atoms with E-state index in [1.54, 1.807) is 0 Å². The molecule has 22 heavy (non-hydrogen) atoms. The molecule has 0 radical (unpaired) electrons. The molecule has 0 aromatic carbocycles. The summed E-state index contributed by atoms with van der Waals surface area (Å²) in [5, 5.41) is 85.0. The van der Waals surface area contributed by atoms with E-state index in [9.17, 15) is 40.9 Å². The zero-order chi connectivity index (χ0) is 17.2. The van der Waals surface area contributed by atoms with Gasteiger partial charge in [0, 0.05) is 0 Å². The lowest BCUT2D eigenvalue weighted by molar-refractivity contribution is -0.280. The maximum Gasteiger partial charge on any atom is 0.183 e.